The number of ether oxygens (including phenoxy) is 1. The number of hydrogen-bond acceptors (Lipinski definition) is 3. The molecular formula is C14H16O3. The molecule has 0 saturated carbocycles. The van der Waals surface area contributed by atoms with E-state index in [0.29, 0.717) is 5.56 Å². The third-order valence-corrected chi connectivity index (χ3v) is 1.82. The largest absolute Gasteiger partial charge is 0.508 e. The molecule has 0 aliphatic heterocycles. The zero-order valence-corrected chi connectivity index (χ0v) is 10.3. The molecule has 0 atom stereocenters. The molecule has 0 saturated heterocycles. The van der Waals surface area contributed by atoms with Gasteiger partial charge in [-0.3, -0.25) is 0 Å². The van der Waals surface area contributed by atoms with Crippen molar-refractivity contribution in [1.82, 2.24) is 0 Å². The lowest BCUT2D eigenvalue weighted by Crippen LogP contribution is -2.06. The Hall–Kier alpha value is -1.95. The first-order valence-electron chi connectivity index (χ1n) is 5.35. The van der Waals surface area contributed by atoms with E-state index in [2.05, 4.69) is 11.8 Å². The Labute approximate surface area is 101 Å². The van der Waals surface area contributed by atoms with Crippen molar-refractivity contribution in [3.63, 3.8) is 0 Å². The summed E-state index contributed by atoms with van der Waals surface area (Å²) in [7, 11) is 0. The minimum atomic E-state index is -0.482. The quantitative estimate of drug-likeness (QED) is 0.629. The van der Waals surface area contributed by atoms with Gasteiger partial charge in [-0.2, -0.15) is 0 Å². The molecule has 0 unspecified atom stereocenters. The molecule has 0 amide bonds. The summed E-state index contributed by atoms with van der Waals surface area (Å²) in [6.07, 6.45) is 0. The van der Waals surface area contributed by atoms with Gasteiger partial charge in [-0.05, 0) is 39.0 Å². The van der Waals surface area contributed by atoms with Crippen LogP contribution in [0.15, 0.2) is 24.3 Å². The number of esters is 1. The van der Waals surface area contributed by atoms with Crippen LogP contribution < -0.4 is 0 Å². The molecule has 0 aliphatic rings. The van der Waals surface area contributed by atoms with Crippen molar-refractivity contribution in [1.29, 1.82) is 0 Å². The molecule has 1 aromatic rings. The summed E-state index contributed by atoms with van der Waals surface area (Å²) in [5.41, 5.74) is 0.222. The van der Waals surface area contributed by atoms with E-state index in [9.17, 15) is 9.90 Å². The lowest BCUT2D eigenvalue weighted by Gasteiger charge is -2.07. The van der Waals surface area contributed by atoms with Crippen LogP contribution in [0.4, 0.5) is 0 Å². The van der Waals surface area contributed by atoms with E-state index in [1.54, 1.807) is 12.1 Å². The zero-order chi connectivity index (χ0) is 12.9. The minimum Gasteiger partial charge on any atom is -0.508 e. The van der Waals surface area contributed by atoms with Gasteiger partial charge < -0.3 is 9.84 Å². The van der Waals surface area contributed by atoms with E-state index in [-0.39, 0.29) is 17.8 Å². The number of rotatable bonds is 2. The number of aromatic hydroxyl groups is 1. The van der Waals surface area contributed by atoms with E-state index in [1.165, 1.54) is 12.1 Å². The summed E-state index contributed by atoms with van der Waals surface area (Å²) >= 11 is 0. The molecule has 0 radical (unpaired) electrons. The van der Waals surface area contributed by atoms with E-state index in [4.69, 9.17) is 4.74 Å². The van der Waals surface area contributed by atoms with Crippen molar-refractivity contribution in [2.24, 2.45) is 5.41 Å². The van der Waals surface area contributed by atoms with Crippen LogP contribution in [0.3, 0.4) is 0 Å². The average molecular weight is 232 g/mol. The third-order valence-electron chi connectivity index (χ3n) is 1.82. The molecule has 0 aromatic heterocycles. The molecule has 1 N–H and O–H groups in total. The fourth-order valence-corrected chi connectivity index (χ4v) is 1.12. The maximum Gasteiger partial charge on any atom is 0.339 e. The summed E-state index contributed by atoms with van der Waals surface area (Å²) in [6.45, 7) is 6.01. The first kappa shape index (κ1) is 13.1. The van der Waals surface area contributed by atoms with Gasteiger partial charge in [0.15, 0.2) is 6.61 Å². The van der Waals surface area contributed by atoms with E-state index < -0.39 is 5.97 Å². The fraction of sp³-hybridized carbons (Fsp3) is 0.357. The molecule has 90 valence electrons. The Morgan fingerprint density at radius 1 is 1.41 bits per heavy atom. The number of carbonyl (C=O) groups is 1. The Morgan fingerprint density at radius 3 is 2.71 bits per heavy atom. The van der Waals surface area contributed by atoms with Crippen LogP contribution in [0.5, 0.6) is 5.75 Å². The third kappa shape index (κ3) is 5.07. The summed E-state index contributed by atoms with van der Waals surface area (Å²) in [4.78, 5) is 11.5. The molecule has 0 aliphatic carbocycles. The van der Waals surface area contributed by atoms with Gasteiger partial charge in [-0.25, -0.2) is 4.79 Å². The number of phenols is 1. The second-order valence-corrected chi connectivity index (χ2v) is 4.68. The minimum absolute atomic E-state index is 0.0419. The monoisotopic (exact) mass is 232 g/mol. The van der Waals surface area contributed by atoms with Crippen LogP contribution in [0.1, 0.15) is 31.1 Å². The Balaban J connectivity index is 2.53. The van der Waals surface area contributed by atoms with E-state index in [1.807, 2.05) is 20.8 Å². The smallest absolute Gasteiger partial charge is 0.339 e. The predicted octanol–water partition coefficient (Wildman–Crippen LogP) is 2.60. The van der Waals surface area contributed by atoms with Gasteiger partial charge in [0.05, 0.1) is 5.56 Å². The van der Waals surface area contributed by atoms with Crippen LogP contribution in [0, 0.1) is 17.3 Å². The topological polar surface area (TPSA) is 46.5 Å². The molecule has 0 heterocycles. The first-order valence-corrected chi connectivity index (χ1v) is 5.35. The van der Waals surface area contributed by atoms with Gasteiger partial charge in [-0.15, -0.1) is 0 Å². The van der Waals surface area contributed by atoms with Crippen molar-refractivity contribution < 1.29 is 14.6 Å². The maximum absolute atomic E-state index is 11.5. The van der Waals surface area contributed by atoms with Crippen LogP contribution in [-0.2, 0) is 4.74 Å². The molecule has 3 heteroatoms. The fourth-order valence-electron chi connectivity index (χ4n) is 1.12. The van der Waals surface area contributed by atoms with E-state index >= 15 is 0 Å². The van der Waals surface area contributed by atoms with Gasteiger partial charge in [0.25, 0.3) is 0 Å². The van der Waals surface area contributed by atoms with E-state index in [0.717, 1.165) is 0 Å². The van der Waals surface area contributed by atoms with Crippen LogP contribution in [-0.4, -0.2) is 17.7 Å². The molecule has 0 bridgehead atoms. The molecular weight excluding hydrogens is 216 g/mol. The number of benzene rings is 1. The Bertz CT molecular complexity index is 458. The van der Waals surface area contributed by atoms with Crippen molar-refractivity contribution in [3.05, 3.63) is 29.8 Å². The normalized spacial score (nSPS) is 10.3. The van der Waals surface area contributed by atoms with Crippen molar-refractivity contribution in [2.45, 2.75) is 20.8 Å². The van der Waals surface area contributed by atoms with Gasteiger partial charge in [0.2, 0.25) is 0 Å². The average Bonchev–Trinajstić information content (AvgIpc) is 2.23. The van der Waals surface area contributed by atoms with Gasteiger partial charge in [0, 0.05) is 5.41 Å². The highest BCUT2D eigenvalue weighted by atomic mass is 16.5. The summed E-state index contributed by atoms with van der Waals surface area (Å²) < 4.78 is 4.95. The highest BCUT2D eigenvalue weighted by Crippen LogP contribution is 2.12. The van der Waals surface area contributed by atoms with Gasteiger partial charge in [-0.1, -0.05) is 17.9 Å². The lowest BCUT2D eigenvalue weighted by molar-refractivity contribution is 0.0556. The standard InChI is InChI=1S/C14H16O3/c1-14(2,3)8-5-9-17-13(16)11-6-4-7-12(15)10-11/h4,6-7,10,15H,9H2,1-3H3. The molecule has 0 spiro atoms. The summed E-state index contributed by atoms with van der Waals surface area (Å²) in [5.74, 6) is 5.31. The summed E-state index contributed by atoms with van der Waals surface area (Å²) in [5, 5.41) is 9.20. The van der Waals surface area contributed by atoms with Crippen molar-refractivity contribution >= 4 is 5.97 Å². The zero-order valence-electron chi connectivity index (χ0n) is 10.3. The Kier molecular flexibility index (Phi) is 4.17. The molecule has 1 rings (SSSR count). The lowest BCUT2D eigenvalue weighted by atomic mass is 9.98. The van der Waals surface area contributed by atoms with Gasteiger partial charge >= 0.3 is 5.97 Å². The van der Waals surface area contributed by atoms with Crippen LogP contribution in [0.25, 0.3) is 0 Å². The van der Waals surface area contributed by atoms with Crippen LogP contribution in [0.2, 0.25) is 0 Å². The highest BCUT2D eigenvalue weighted by Gasteiger charge is 2.07. The summed E-state index contributed by atoms with van der Waals surface area (Å²) in [6, 6.07) is 6.03. The SMILES string of the molecule is CC(C)(C)C#CCOC(=O)c1cccc(O)c1. The second-order valence-electron chi connectivity index (χ2n) is 4.68. The molecule has 0 fully saturated rings. The first-order chi connectivity index (χ1) is 7.88. The molecule has 1 aromatic carbocycles. The Morgan fingerprint density at radius 2 is 2.12 bits per heavy atom. The van der Waals surface area contributed by atoms with Crippen LogP contribution >= 0.6 is 0 Å². The number of carbonyl (C=O) groups excluding carboxylic acids is 1. The van der Waals surface area contributed by atoms with Gasteiger partial charge in [0.1, 0.15) is 5.75 Å². The number of hydrogen-bond donors (Lipinski definition) is 1. The molecule has 3 nitrogen and oxygen atoms in total. The maximum atomic E-state index is 11.5. The second kappa shape index (κ2) is 5.40. The highest BCUT2D eigenvalue weighted by molar-refractivity contribution is 5.89. The van der Waals surface area contributed by atoms with Crippen molar-refractivity contribution in [3.8, 4) is 17.6 Å². The van der Waals surface area contributed by atoms with Crippen molar-refractivity contribution in [2.75, 3.05) is 6.61 Å². The molecule has 17 heavy (non-hydrogen) atoms. The predicted molar refractivity (Wildman–Crippen MR) is 65.6 cm³/mol. The number of phenolic OH excluding ortho intramolecular Hbond substituents is 1.